The van der Waals surface area contributed by atoms with E-state index in [0.29, 0.717) is 17.9 Å². The number of hydrogen-bond donors (Lipinski definition) is 1. The Morgan fingerprint density at radius 3 is 2.57 bits per heavy atom. The molecule has 3 rings (SSSR count). The minimum absolute atomic E-state index is 0.135. The van der Waals surface area contributed by atoms with Gasteiger partial charge in [0.05, 0.1) is 11.6 Å². The molecule has 1 aliphatic rings. The number of halogens is 2. The SMILES string of the molecule is O=C(Nc1ccccc1Br)C1CC(=O)N(c2ccc(F)cc2)C1. The normalized spacial score (nSPS) is 17.4. The Hall–Kier alpha value is -2.21. The molecule has 1 N–H and O–H groups in total. The highest BCUT2D eigenvalue weighted by atomic mass is 79.9. The third kappa shape index (κ3) is 3.42. The molecule has 6 heteroatoms. The molecule has 0 aliphatic carbocycles. The van der Waals surface area contributed by atoms with E-state index in [1.807, 2.05) is 18.2 Å². The number of amides is 2. The number of carbonyl (C=O) groups excluding carboxylic acids is 2. The topological polar surface area (TPSA) is 49.4 Å². The predicted molar refractivity (Wildman–Crippen MR) is 89.6 cm³/mol. The number of nitrogens with one attached hydrogen (secondary N) is 1. The summed E-state index contributed by atoms with van der Waals surface area (Å²) in [4.78, 5) is 26.0. The van der Waals surface area contributed by atoms with E-state index in [-0.39, 0.29) is 24.1 Å². The number of carbonyl (C=O) groups is 2. The van der Waals surface area contributed by atoms with Crippen LogP contribution in [0, 0.1) is 11.7 Å². The highest BCUT2D eigenvalue weighted by molar-refractivity contribution is 9.10. The van der Waals surface area contributed by atoms with Crippen molar-refractivity contribution in [2.24, 2.45) is 5.92 Å². The molecule has 4 nitrogen and oxygen atoms in total. The van der Waals surface area contributed by atoms with Crippen molar-refractivity contribution in [1.29, 1.82) is 0 Å². The van der Waals surface area contributed by atoms with Crippen molar-refractivity contribution < 1.29 is 14.0 Å². The number of hydrogen-bond acceptors (Lipinski definition) is 2. The minimum Gasteiger partial charge on any atom is -0.325 e. The van der Waals surface area contributed by atoms with Gasteiger partial charge in [-0.25, -0.2) is 4.39 Å². The van der Waals surface area contributed by atoms with Gasteiger partial charge < -0.3 is 10.2 Å². The van der Waals surface area contributed by atoms with Crippen LogP contribution >= 0.6 is 15.9 Å². The maximum atomic E-state index is 13.0. The van der Waals surface area contributed by atoms with Crippen LogP contribution in [-0.2, 0) is 9.59 Å². The van der Waals surface area contributed by atoms with Gasteiger partial charge in [0.25, 0.3) is 0 Å². The zero-order chi connectivity index (χ0) is 16.4. The maximum Gasteiger partial charge on any atom is 0.229 e. The molecule has 1 saturated heterocycles. The van der Waals surface area contributed by atoms with E-state index < -0.39 is 5.92 Å². The van der Waals surface area contributed by atoms with Gasteiger partial charge >= 0.3 is 0 Å². The fraction of sp³-hybridized carbons (Fsp3) is 0.176. The predicted octanol–water partition coefficient (Wildman–Crippen LogP) is 3.58. The van der Waals surface area contributed by atoms with Gasteiger partial charge in [0.15, 0.2) is 0 Å². The van der Waals surface area contributed by atoms with Crippen LogP contribution in [0.15, 0.2) is 53.0 Å². The van der Waals surface area contributed by atoms with Crippen molar-refractivity contribution >= 4 is 39.1 Å². The van der Waals surface area contributed by atoms with E-state index in [1.54, 1.807) is 18.2 Å². The first-order chi connectivity index (χ1) is 11.0. The van der Waals surface area contributed by atoms with Crippen LogP contribution in [0.3, 0.4) is 0 Å². The van der Waals surface area contributed by atoms with Gasteiger partial charge in [-0.15, -0.1) is 0 Å². The van der Waals surface area contributed by atoms with Gasteiger partial charge in [-0.05, 0) is 52.3 Å². The molecule has 118 valence electrons. The van der Waals surface area contributed by atoms with Gasteiger partial charge in [0, 0.05) is 23.1 Å². The summed E-state index contributed by atoms with van der Waals surface area (Å²) in [7, 11) is 0. The van der Waals surface area contributed by atoms with Crippen molar-refractivity contribution in [3.63, 3.8) is 0 Å². The standard InChI is InChI=1S/C17H14BrFN2O2/c18-14-3-1-2-4-15(14)20-17(23)11-9-16(22)21(10-11)13-7-5-12(19)6-8-13/h1-8,11H,9-10H2,(H,20,23). The Morgan fingerprint density at radius 2 is 1.87 bits per heavy atom. The molecule has 0 saturated carbocycles. The lowest BCUT2D eigenvalue weighted by Crippen LogP contribution is -2.28. The molecule has 0 bridgehead atoms. The summed E-state index contributed by atoms with van der Waals surface area (Å²) >= 11 is 3.37. The molecule has 1 fully saturated rings. The Balaban J connectivity index is 1.71. The molecular formula is C17H14BrFN2O2. The van der Waals surface area contributed by atoms with Gasteiger partial charge in [-0.1, -0.05) is 12.1 Å². The smallest absolute Gasteiger partial charge is 0.229 e. The van der Waals surface area contributed by atoms with E-state index >= 15 is 0 Å². The van der Waals surface area contributed by atoms with Crippen LogP contribution in [0.2, 0.25) is 0 Å². The van der Waals surface area contributed by atoms with E-state index in [0.717, 1.165) is 4.47 Å². The van der Waals surface area contributed by atoms with Crippen molar-refractivity contribution in [2.45, 2.75) is 6.42 Å². The minimum atomic E-state index is -0.431. The zero-order valence-corrected chi connectivity index (χ0v) is 13.7. The number of anilines is 2. The second-order valence-electron chi connectivity index (χ2n) is 5.35. The van der Waals surface area contributed by atoms with Crippen LogP contribution in [0.5, 0.6) is 0 Å². The fourth-order valence-electron chi connectivity index (χ4n) is 2.55. The first-order valence-corrected chi connectivity index (χ1v) is 7.95. The average Bonchev–Trinajstić information content (AvgIpc) is 2.92. The number of para-hydroxylation sites is 1. The van der Waals surface area contributed by atoms with Gasteiger partial charge in [-0.2, -0.15) is 0 Å². The quantitative estimate of drug-likeness (QED) is 0.889. The largest absolute Gasteiger partial charge is 0.325 e. The molecule has 1 aliphatic heterocycles. The summed E-state index contributed by atoms with van der Waals surface area (Å²) in [5.74, 6) is -1.12. The fourth-order valence-corrected chi connectivity index (χ4v) is 2.94. The van der Waals surface area contributed by atoms with Gasteiger partial charge in [0.2, 0.25) is 11.8 Å². The van der Waals surface area contributed by atoms with Crippen molar-refractivity contribution in [3.05, 3.63) is 58.8 Å². The summed E-state index contributed by atoms with van der Waals surface area (Å²) in [6.45, 7) is 0.292. The van der Waals surface area contributed by atoms with Crippen LogP contribution < -0.4 is 10.2 Å². The third-order valence-corrected chi connectivity index (χ3v) is 4.46. The highest BCUT2D eigenvalue weighted by Crippen LogP contribution is 2.27. The second kappa shape index (κ2) is 6.50. The van der Waals surface area contributed by atoms with Crippen molar-refractivity contribution in [3.8, 4) is 0 Å². The first kappa shape index (κ1) is 15.7. The molecule has 2 aromatic carbocycles. The summed E-state index contributed by atoms with van der Waals surface area (Å²) in [6, 6.07) is 13.0. The molecular weight excluding hydrogens is 363 g/mol. The highest BCUT2D eigenvalue weighted by Gasteiger charge is 2.35. The Morgan fingerprint density at radius 1 is 1.17 bits per heavy atom. The number of nitrogens with zero attached hydrogens (tertiary/aromatic N) is 1. The lowest BCUT2D eigenvalue weighted by Gasteiger charge is -2.16. The molecule has 2 aromatic rings. The molecule has 1 unspecified atom stereocenters. The monoisotopic (exact) mass is 376 g/mol. The summed E-state index contributed by atoms with van der Waals surface area (Å²) in [5.41, 5.74) is 1.28. The third-order valence-electron chi connectivity index (χ3n) is 3.77. The van der Waals surface area contributed by atoms with Gasteiger partial charge in [0.1, 0.15) is 5.82 Å². The van der Waals surface area contributed by atoms with Gasteiger partial charge in [-0.3, -0.25) is 9.59 Å². The Bertz CT molecular complexity index is 749. The molecule has 0 aromatic heterocycles. The molecule has 1 atom stereocenters. The second-order valence-corrected chi connectivity index (χ2v) is 6.21. The number of benzene rings is 2. The zero-order valence-electron chi connectivity index (χ0n) is 12.1. The van der Waals surface area contributed by atoms with Crippen molar-refractivity contribution in [1.82, 2.24) is 0 Å². The summed E-state index contributed by atoms with van der Waals surface area (Å²) in [6.07, 6.45) is 0.146. The lowest BCUT2D eigenvalue weighted by atomic mass is 10.1. The van der Waals surface area contributed by atoms with E-state index in [4.69, 9.17) is 0 Å². The first-order valence-electron chi connectivity index (χ1n) is 7.16. The van der Waals surface area contributed by atoms with E-state index in [9.17, 15) is 14.0 Å². The number of rotatable bonds is 3. The van der Waals surface area contributed by atoms with Crippen molar-refractivity contribution in [2.75, 3.05) is 16.8 Å². The summed E-state index contributed by atoms with van der Waals surface area (Å²) in [5, 5.41) is 2.83. The molecule has 23 heavy (non-hydrogen) atoms. The summed E-state index contributed by atoms with van der Waals surface area (Å²) < 4.78 is 13.8. The van der Waals surface area contributed by atoms with Crippen LogP contribution in [0.4, 0.5) is 15.8 Å². The average molecular weight is 377 g/mol. The van der Waals surface area contributed by atoms with E-state index in [1.165, 1.54) is 17.0 Å². The maximum absolute atomic E-state index is 13.0. The molecule has 2 amide bonds. The molecule has 0 spiro atoms. The van der Waals surface area contributed by atoms with Crippen LogP contribution in [0.1, 0.15) is 6.42 Å². The molecule has 1 heterocycles. The van der Waals surface area contributed by atoms with Crippen LogP contribution in [0.25, 0.3) is 0 Å². The van der Waals surface area contributed by atoms with E-state index in [2.05, 4.69) is 21.2 Å². The lowest BCUT2D eigenvalue weighted by molar-refractivity contribution is -0.122. The Kier molecular flexibility index (Phi) is 4.43. The van der Waals surface area contributed by atoms with Crippen LogP contribution in [-0.4, -0.2) is 18.4 Å². The molecule has 0 radical (unpaired) electrons. The Labute approximate surface area is 141 Å².